The van der Waals surface area contributed by atoms with E-state index < -0.39 is 17.6 Å². The molecule has 0 saturated carbocycles. The van der Waals surface area contributed by atoms with Crippen molar-refractivity contribution in [1.29, 1.82) is 0 Å². The van der Waals surface area contributed by atoms with Crippen molar-refractivity contribution >= 4 is 29.1 Å². The number of rotatable bonds is 4. The summed E-state index contributed by atoms with van der Waals surface area (Å²) in [7, 11) is 0. The Labute approximate surface area is 137 Å². The maximum absolute atomic E-state index is 13.7. The van der Waals surface area contributed by atoms with Gasteiger partial charge >= 0.3 is 0 Å². The second-order valence-electron chi connectivity index (χ2n) is 5.37. The smallest absolute Gasteiger partial charge is 0.229 e. The summed E-state index contributed by atoms with van der Waals surface area (Å²) >= 11 is 5.80. The van der Waals surface area contributed by atoms with E-state index in [1.165, 1.54) is 24.5 Å². The van der Waals surface area contributed by atoms with Crippen LogP contribution in [0.5, 0.6) is 0 Å². The summed E-state index contributed by atoms with van der Waals surface area (Å²) in [4.78, 5) is 25.8. The van der Waals surface area contributed by atoms with E-state index in [1.807, 2.05) is 0 Å². The number of hydrogen-bond donors (Lipinski definition) is 1. The SMILES string of the molecule is O=C(Nc1cc(Cl)ccc1F)C1CC(=O)N(Cc2ccco2)C1. The number of nitrogens with one attached hydrogen (secondary N) is 1. The lowest BCUT2D eigenvalue weighted by Gasteiger charge is -2.15. The lowest BCUT2D eigenvalue weighted by atomic mass is 10.1. The average molecular weight is 337 g/mol. The second-order valence-corrected chi connectivity index (χ2v) is 5.80. The van der Waals surface area contributed by atoms with Crippen LogP contribution in [0.15, 0.2) is 41.0 Å². The van der Waals surface area contributed by atoms with Crippen molar-refractivity contribution in [2.45, 2.75) is 13.0 Å². The van der Waals surface area contributed by atoms with E-state index in [0.717, 1.165) is 0 Å². The number of carbonyl (C=O) groups excluding carboxylic acids is 2. The first-order chi connectivity index (χ1) is 11.0. The van der Waals surface area contributed by atoms with Crippen LogP contribution in [0, 0.1) is 11.7 Å². The molecule has 3 rings (SSSR count). The van der Waals surface area contributed by atoms with E-state index in [-0.39, 0.29) is 24.6 Å². The Morgan fingerprint density at radius 3 is 3.00 bits per heavy atom. The van der Waals surface area contributed by atoms with E-state index >= 15 is 0 Å². The molecule has 2 amide bonds. The lowest BCUT2D eigenvalue weighted by molar-refractivity contribution is -0.128. The molecule has 2 aromatic rings. The predicted molar refractivity (Wildman–Crippen MR) is 82.3 cm³/mol. The fourth-order valence-corrected chi connectivity index (χ4v) is 2.69. The normalized spacial score (nSPS) is 17.6. The molecule has 5 nitrogen and oxygen atoms in total. The molecule has 1 N–H and O–H groups in total. The number of hydrogen-bond acceptors (Lipinski definition) is 3. The van der Waals surface area contributed by atoms with Gasteiger partial charge in [-0.2, -0.15) is 0 Å². The van der Waals surface area contributed by atoms with Crippen LogP contribution in [0.25, 0.3) is 0 Å². The standard InChI is InChI=1S/C16H14ClFN2O3/c17-11-3-4-13(18)14(7-11)19-16(22)10-6-15(21)20(8-10)9-12-2-1-5-23-12/h1-5,7,10H,6,8-9H2,(H,19,22). The third-order valence-corrected chi connectivity index (χ3v) is 3.93. The van der Waals surface area contributed by atoms with Crippen LogP contribution >= 0.6 is 11.6 Å². The number of amides is 2. The highest BCUT2D eigenvalue weighted by atomic mass is 35.5. The van der Waals surface area contributed by atoms with Gasteiger partial charge in [0, 0.05) is 18.0 Å². The largest absolute Gasteiger partial charge is 0.467 e. The number of anilines is 1. The first-order valence-electron chi connectivity index (χ1n) is 7.09. The van der Waals surface area contributed by atoms with Crippen molar-refractivity contribution in [2.24, 2.45) is 5.92 Å². The van der Waals surface area contributed by atoms with Crippen molar-refractivity contribution in [3.8, 4) is 0 Å². The molecule has 120 valence electrons. The zero-order valence-electron chi connectivity index (χ0n) is 12.1. The van der Waals surface area contributed by atoms with Crippen LogP contribution in [0.3, 0.4) is 0 Å². The molecule has 1 unspecified atom stereocenters. The zero-order valence-corrected chi connectivity index (χ0v) is 12.8. The Kier molecular flexibility index (Phi) is 4.34. The predicted octanol–water partition coefficient (Wildman–Crippen LogP) is 3.06. The number of carbonyl (C=O) groups is 2. The van der Waals surface area contributed by atoms with Gasteiger partial charge in [-0.05, 0) is 30.3 Å². The highest BCUT2D eigenvalue weighted by Crippen LogP contribution is 2.24. The van der Waals surface area contributed by atoms with Gasteiger partial charge in [-0.1, -0.05) is 11.6 Å². The van der Waals surface area contributed by atoms with E-state index in [9.17, 15) is 14.0 Å². The Bertz CT molecular complexity index is 733. The number of furan rings is 1. The van der Waals surface area contributed by atoms with Gasteiger partial charge in [0.25, 0.3) is 0 Å². The Morgan fingerprint density at radius 2 is 2.26 bits per heavy atom. The summed E-state index contributed by atoms with van der Waals surface area (Å²) < 4.78 is 18.9. The third-order valence-electron chi connectivity index (χ3n) is 3.70. The minimum absolute atomic E-state index is 0.0134. The topological polar surface area (TPSA) is 62.6 Å². The highest BCUT2D eigenvalue weighted by molar-refractivity contribution is 6.30. The molecule has 1 aliphatic heterocycles. The van der Waals surface area contributed by atoms with Gasteiger partial charge in [0.05, 0.1) is 24.4 Å². The lowest BCUT2D eigenvalue weighted by Crippen LogP contribution is -2.28. The van der Waals surface area contributed by atoms with Gasteiger partial charge in [0.15, 0.2) is 0 Å². The van der Waals surface area contributed by atoms with Crippen LogP contribution in [-0.2, 0) is 16.1 Å². The molecule has 0 spiro atoms. The highest BCUT2D eigenvalue weighted by Gasteiger charge is 2.34. The number of halogens is 2. The molecule has 23 heavy (non-hydrogen) atoms. The second kappa shape index (κ2) is 6.42. The Morgan fingerprint density at radius 1 is 1.43 bits per heavy atom. The summed E-state index contributed by atoms with van der Waals surface area (Å²) in [5.74, 6) is -0.981. The van der Waals surface area contributed by atoms with Gasteiger partial charge < -0.3 is 14.6 Å². The molecule has 1 fully saturated rings. The van der Waals surface area contributed by atoms with Crippen LogP contribution < -0.4 is 5.32 Å². The van der Waals surface area contributed by atoms with Crippen molar-refractivity contribution in [1.82, 2.24) is 4.90 Å². The molecule has 1 saturated heterocycles. The molecule has 1 aromatic carbocycles. The maximum atomic E-state index is 13.7. The van der Waals surface area contributed by atoms with E-state index in [4.69, 9.17) is 16.0 Å². The summed E-state index contributed by atoms with van der Waals surface area (Å²) in [6.07, 6.45) is 1.62. The van der Waals surface area contributed by atoms with Gasteiger partial charge in [-0.15, -0.1) is 0 Å². The molecule has 0 radical (unpaired) electrons. The minimum atomic E-state index is -0.570. The molecule has 1 atom stereocenters. The van der Waals surface area contributed by atoms with Crippen molar-refractivity contribution < 1.29 is 18.4 Å². The van der Waals surface area contributed by atoms with Crippen molar-refractivity contribution in [3.05, 3.63) is 53.2 Å². The molecule has 0 bridgehead atoms. The quantitative estimate of drug-likeness (QED) is 0.933. The van der Waals surface area contributed by atoms with E-state index in [0.29, 0.717) is 17.3 Å². The molecular weight excluding hydrogens is 323 g/mol. The summed E-state index contributed by atoms with van der Waals surface area (Å²) in [6.45, 7) is 0.592. The van der Waals surface area contributed by atoms with Crippen molar-refractivity contribution in [2.75, 3.05) is 11.9 Å². The van der Waals surface area contributed by atoms with Gasteiger partial charge in [-0.3, -0.25) is 9.59 Å². The summed E-state index contributed by atoms with van der Waals surface area (Å²) in [6, 6.07) is 7.42. The molecule has 0 aliphatic carbocycles. The van der Waals surface area contributed by atoms with Crippen LogP contribution in [0.2, 0.25) is 5.02 Å². The van der Waals surface area contributed by atoms with Crippen LogP contribution in [0.4, 0.5) is 10.1 Å². The average Bonchev–Trinajstić information content (AvgIpc) is 3.14. The number of benzene rings is 1. The molecule has 1 aliphatic rings. The van der Waals surface area contributed by atoms with Crippen LogP contribution in [-0.4, -0.2) is 23.3 Å². The monoisotopic (exact) mass is 336 g/mol. The molecule has 2 heterocycles. The molecular formula is C16H14ClFN2O3. The zero-order chi connectivity index (χ0) is 16.4. The minimum Gasteiger partial charge on any atom is -0.467 e. The third kappa shape index (κ3) is 3.53. The first-order valence-corrected chi connectivity index (χ1v) is 7.47. The summed E-state index contributed by atoms with van der Waals surface area (Å²) in [5.41, 5.74) is 0.0134. The fraction of sp³-hybridized carbons (Fsp3) is 0.250. The fourth-order valence-electron chi connectivity index (χ4n) is 2.52. The van der Waals surface area contributed by atoms with Gasteiger partial charge in [-0.25, -0.2) is 4.39 Å². The van der Waals surface area contributed by atoms with Crippen molar-refractivity contribution in [3.63, 3.8) is 0 Å². The maximum Gasteiger partial charge on any atom is 0.229 e. The van der Waals surface area contributed by atoms with E-state index in [2.05, 4.69) is 5.32 Å². The van der Waals surface area contributed by atoms with Gasteiger partial charge in [0.2, 0.25) is 11.8 Å². The van der Waals surface area contributed by atoms with Crippen LogP contribution in [0.1, 0.15) is 12.2 Å². The molecule has 1 aromatic heterocycles. The van der Waals surface area contributed by atoms with Gasteiger partial charge in [0.1, 0.15) is 11.6 Å². The first kappa shape index (κ1) is 15.6. The Hall–Kier alpha value is -2.34. The number of likely N-dealkylation sites (tertiary alicyclic amines) is 1. The Balaban J connectivity index is 1.64. The summed E-state index contributed by atoms with van der Waals surface area (Å²) in [5, 5.41) is 2.82. The van der Waals surface area contributed by atoms with E-state index in [1.54, 1.807) is 17.0 Å². The molecule has 7 heteroatoms. The number of nitrogens with zero attached hydrogens (tertiary/aromatic N) is 1.